The van der Waals surface area contributed by atoms with Crippen LogP contribution in [0.4, 0.5) is 5.13 Å². The number of fused-ring (bicyclic) bond motifs is 1. The Morgan fingerprint density at radius 2 is 2.37 bits per heavy atom. The van der Waals surface area contributed by atoms with Gasteiger partial charge in [0.15, 0.2) is 5.13 Å². The number of thiazole rings is 1. The molecule has 3 heterocycles. The van der Waals surface area contributed by atoms with Crippen molar-refractivity contribution in [2.75, 3.05) is 31.1 Å². The van der Waals surface area contributed by atoms with Crippen molar-refractivity contribution in [3.05, 3.63) is 11.1 Å². The highest BCUT2D eigenvalue weighted by molar-refractivity contribution is 7.13. The molecule has 1 aromatic rings. The molecule has 0 bridgehead atoms. The van der Waals surface area contributed by atoms with Gasteiger partial charge in [-0.1, -0.05) is 0 Å². The lowest BCUT2D eigenvalue weighted by atomic mass is 10.2. The normalized spacial score (nSPS) is 23.6. The molecule has 2 aliphatic rings. The van der Waals surface area contributed by atoms with Crippen LogP contribution in [0.1, 0.15) is 25.0 Å². The summed E-state index contributed by atoms with van der Waals surface area (Å²) in [5, 5.41) is 11.8. The lowest BCUT2D eigenvalue weighted by Gasteiger charge is -2.37. The van der Waals surface area contributed by atoms with Gasteiger partial charge in [0.25, 0.3) is 0 Å². The zero-order valence-corrected chi connectivity index (χ0v) is 11.7. The molecule has 0 aliphatic carbocycles. The number of carboxylic acid groups (broad SMARTS) is 1. The van der Waals surface area contributed by atoms with Gasteiger partial charge < -0.3 is 10.0 Å². The second-order valence-corrected chi connectivity index (χ2v) is 6.13. The van der Waals surface area contributed by atoms with Crippen LogP contribution in [0.3, 0.4) is 0 Å². The van der Waals surface area contributed by atoms with Gasteiger partial charge >= 0.3 is 5.97 Å². The van der Waals surface area contributed by atoms with Gasteiger partial charge in [0.2, 0.25) is 0 Å². The molecule has 6 heteroatoms. The molecule has 19 heavy (non-hydrogen) atoms. The van der Waals surface area contributed by atoms with Gasteiger partial charge in [-0.05, 0) is 19.4 Å². The SMILES string of the molecule is O=C(O)CCc1csc(N2CCN3CCCC3C2)n1. The van der Waals surface area contributed by atoms with Crippen LogP contribution < -0.4 is 4.90 Å². The first-order valence-corrected chi connectivity index (χ1v) is 7.75. The molecule has 1 aromatic heterocycles. The van der Waals surface area contributed by atoms with Gasteiger partial charge in [0.1, 0.15) is 0 Å². The Labute approximate surface area is 116 Å². The third kappa shape index (κ3) is 2.90. The molecule has 2 fully saturated rings. The minimum atomic E-state index is -0.755. The molecule has 0 saturated carbocycles. The van der Waals surface area contributed by atoms with Crippen molar-refractivity contribution in [1.29, 1.82) is 0 Å². The number of aliphatic carboxylic acids is 1. The number of hydrogen-bond donors (Lipinski definition) is 1. The fourth-order valence-electron chi connectivity index (χ4n) is 2.96. The first kappa shape index (κ1) is 12.9. The van der Waals surface area contributed by atoms with Gasteiger partial charge in [0, 0.05) is 37.5 Å². The summed E-state index contributed by atoms with van der Waals surface area (Å²) < 4.78 is 0. The topological polar surface area (TPSA) is 56.7 Å². The predicted octanol–water partition coefficient (Wildman–Crippen LogP) is 1.44. The maximum atomic E-state index is 10.6. The first-order chi connectivity index (χ1) is 9.22. The smallest absolute Gasteiger partial charge is 0.303 e. The van der Waals surface area contributed by atoms with Crippen LogP contribution >= 0.6 is 11.3 Å². The van der Waals surface area contributed by atoms with E-state index in [9.17, 15) is 4.79 Å². The molecule has 0 aromatic carbocycles. The maximum Gasteiger partial charge on any atom is 0.303 e. The standard InChI is InChI=1S/C13H19N3O2S/c17-12(18)4-3-10-9-19-13(14-10)16-7-6-15-5-1-2-11(15)8-16/h9,11H,1-8H2,(H,17,18). The Bertz CT molecular complexity index is 462. The number of carboxylic acids is 1. The molecule has 1 unspecified atom stereocenters. The number of piperazine rings is 1. The lowest BCUT2D eigenvalue weighted by molar-refractivity contribution is -0.136. The molecule has 2 aliphatic heterocycles. The van der Waals surface area contributed by atoms with Crippen molar-refractivity contribution < 1.29 is 9.90 Å². The van der Waals surface area contributed by atoms with Gasteiger partial charge in [-0.2, -0.15) is 0 Å². The number of carbonyl (C=O) groups is 1. The van der Waals surface area contributed by atoms with Crippen LogP contribution in [-0.2, 0) is 11.2 Å². The van der Waals surface area contributed by atoms with Gasteiger partial charge in [-0.25, -0.2) is 4.98 Å². The minimum absolute atomic E-state index is 0.166. The summed E-state index contributed by atoms with van der Waals surface area (Å²) in [6.07, 6.45) is 3.32. The van der Waals surface area contributed by atoms with Crippen LogP contribution in [0.15, 0.2) is 5.38 Å². The Morgan fingerprint density at radius 3 is 3.21 bits per heavy atom. The van der Waals surface area contributed by atoms with Crippen molar-refractivity contribution in [2.45, 2.75) is 31.7 Å². The molecule has 0 amide bonds. The van der Waals surface area contributed by atoms with Crippen LogP contribution in [0.5, 0.6) is 0 Å². The predicted molar refractivity (Wildman–Crippen MR) is 74.9 cm³/mol. The van der Waals surface area contributed by atoms with Crippen LogP contribution in [-0.4, -0.2) is 53.2 Å². The minimum Gasteiger partial charge on any atom is -0.481 e. The maximum absolute atomic E-state index is 10.6. The second-order valence-electron chi connectivity index (χ2n) is 5.29. The van der Waals surface area contributed by atoms with Gasteiger partial charge in [-0.15, -0.1) is 11.3 Å². The number of aromatic nitrogens is 1. The molecule has 5 nitrogen and oxygen atoms in total. The average molecular weight is 281 g/mol. The highest BCUT2D eigenvalue weighted by atomic mass is 32.1. The summed E-state index contributed by atoms with van der Waals surface area (Å²) in [6, 6.07) is 0.695. The molecule has 3 rings (SSSR count). The quantitative estimate of drug-likeness (QED) is 0.905. The third-order valence-corrected chi connectivity index (χ3v) is 4.94. The Kier molecular flexibility index (Phi) is 3.70. The summed E-state index contributed by atoms with van der Waals surface area (Å²) >= 11 is 1.65. The van der Waals surface area contributed by atoms with Crippen LogP contribution in [0.25, 0.3) is 0 Å². The largest absolute Gasteiger partial charge is 0.481 e. The Hall–Kier alpha value is -1.14. The lowest BCUT2D eigenvalue weighted by Crippen LogP contribution is -2.50. The van der Waals surface area contributed by atoms with E-state index in [1.165, 1.54) is 19.4 Å². The van der Waals surface area contributed by atoms with E-state index in [2.05, 4.69) is 14.8 Å². The fourth-order valence-corrected chi connectivity index (χ4v) is 3.85. The Balaban J connectivity index is 1.61. The van der Waals surface area contributed by atoms with E-state index in [0.29, 0.717) is 12.5 Å². The van der Waals surface area contributed by atoms with Crippen molar-refractivity contribution in [1.82, 2.24) is 9.88 Å². The number of anilines is 1. The van der Waals surface area contributed by atoms with E-state index in [0.717, 1.165) is 30.5 Å². The third-order valence-electron chi connectivity index (χ3n) is 3.99. The summed E-state index contributed by atoms with van der Waals surface area (Å²) in [5.41, 5.74) is 0.913. The van der Waals surface area contributed by atoms with E-state index in [1.54, 1.807) is 11.3 Å². The molecule has 2 saturated heterocycles. The molecular weight excluding hydrogens is 262 g/mol. The van der Waals surface area contributed by atoms with Crippen molar-refractivity contribution in [3.8, 4) is 0 Å². The molecule has 104 valence electrons. The van der Waals surface area contributed by atoms with E-state index >= 15 is 0 Å². The van der Waals surface area contributed by atoms with E-state index in [4.69, 9.17) is 5.11 Å². The van der Waals surface area contributed by atoms with Gasteiger partial charge in [0.05, 0.1) is 12.1 Å². The van der Waals surface area contributed by atoms with Gasteiger partial charge in [-0.3, -0.25) is 9.69 Å². The molecule has 0 spiro atoms. The summed E-state index contributed by atoms with van der Waals surface area (Å²) in [7, 11) is 0. The molecule has 1 atom stereocenters. The van der Waals surface area contributed by atoms with Crippen molar-refractivity contribution >= 4 is 22.4 Å². The van der Waals surface area contributed by atoms with Crippen LogP contribution in [0, 0.1) is 0 Å². The van der Waals surface area contributed by atoms with Crippen molar-refractivity contribution in [3.63, 3.8) is 0 Å². The highest BCUT2D eigenvalue weighted by Crippen LogP contribution is 2.27. The number of rotatable bonds is 4. The number of nitrogens with zero attached hydrogens (tertiary/aromatic N) is 3. The summed E-state index contributed by atoms with van der Waals surface area (Å²) in [4.78, 5) is 20.1. The molecular formula is C13H19N3O2S. The number of aryl methyl sites for hydroxylation is 1. The van der Waals surface area contributed by atoms with Crippen LogP contribution in [0.2, 0.25) is 0 Å². The second kappa shape index (κ2) is 5.46. The van der Waals surface area contributed by atoms with E-state index in [1.807, 2.05) is 5.38 Å². The monoisotopic (exact) mass is 281 g/mol. The summed E-state index contributed by atoms with van der Waals surface area (Å²) in [6.45, 7) is 4.50. The average Bonchev–Trinajstić information content (AvgIpc) is 3.04. The van der Waals surface area contributed by atoms with E-state index in [-0.39, 0.29) is 6.42 Å². The fraction of sp³-hybridized carbons (Fsp3) is 0.692. The zero-order valence-electron chi connectivity index (χ0n) is 10.9. The zero-order chi connectivity index (χ0) is 13.2. The van der Waals surface area contributed by atoms with Crippen molar-refractivity contribution in [2.24, 2.45) is 0 Å². The van der Waals surface area contributed by atoms with E-state index < -0.39 is 5.97 Å². The first-order valence-electron chi connectivity index (χ1n) is 6.87. The Morgan fingerprint density at radius 1 is 1.47 bits per heavy atom. The number of hydrogen-bond acceptors (Lipinski definition) is 5. The summed E-state index contributed by atoms with van der Waals surface area (Å²) in [5.74, 6) is -0.755. The highest BCUT2D eigenvalue weighted by Gasteiger charge is 2.31. The molecule has 0 radical (unpaired) electrons. The molecule has 1 N–H and O–H groups in total.